The second-order valence-corrected chi connectivity index (χ2v) is 11.0. The zero-order valence-corrected chi connectivity index (χ0v) is 20.9. The molecule has 1 aliphatic heterocycles. The maximum Gasteiger partial charge on any atom is 0.417 e. The first-order valence-corrected chi connectivity index (χ1v) is 12.5. The molecule has 0 spiro atoms. The fourth-order valence-corrected chi connectivity index (χ4v) is 5.04. The van der Waals surface area contributed by atoms with Crippen molar-refractivity contribution in [1.82, 2.24) is 4.98 Å². The van der Waals surface area contributed by atoms with Crippen molar-refractivity contribution in [3.63, 3.8) is 0 Å². The summed E-state index contributed by atoms with van der Waals surface area (Å²) in [5, 5.41) is 2.64. The Balaban J connectivity index is 2.08. The number of ether oxygens (including phenoxy) is 2. The third kappa shape index (κ3) is 4.73. The molecule has 0 aliphatic carbocycles. The Morgan fingerprint density at radius 2 is 1.97 bits per heavy atom. The number of aromatic nitrogens is 1. The Bertz CT molecular complexity index is 1260. The number of hydrogen-bond acceptors (Lipinski definition) is 6. The second-order valence-electron chi connectivity index (χ2n) is 8.61. The molecule has 1 aromatic heterocycles. The number of rotatable bonds is 5. The van der Waals surface area contributed by atoms with Gasteiger partial charge in [0.1, 0.15) is 22.7 Å². The number of amides is 1. The molecule has 1 fully saturated rings. The van der Waals surface area contributed by atoms with Crippen molar-refractivity contribution < 1.29 is 36.0 Å². The van der Waals surface area contributed by atoms with Gasteiger partial charge in [-0.1, -0.05) is 13.0 Å². The van der Waals surface area contributed by atoms with E-state index in [1.807, 2.05) is 0 Å². The number of hydrogen-bond donors (Lipinski definition) is 1. The summed E-state index contributed by atoms with van der Waals surface area (Å²) in [5.41, 5.74) is -2.16. The van der Waals surface area contributed by atoms with Gasteiger partial charge in [0.05, 0.1) is 16.8 Å². The third-order valence-corrected chi connectivity index (χ3v) is 8.30. The molecule has 7 nitrogen and oxygen atoms in total. The van der Waals surface area contributed by atoms with Crippen LogP contribution in [0.5, 0.6) is 5.75 Å². The van der Waals surface area contributed by atoms with Gasteiger partial charge in [-0.3, -0.25) is 4.79 Å². The van der Waals surface area contributed by atoms with Crippen LogP contribution < -0.4 is 10.1 Å². The highest BCUT2D eigenvalue weighted by Crippen LogP contribution is 2.55. The van der Waals surface area contributed by atoms with Crippen LogP contribution in [0.3, 0.4) is 0 Å². The van der Waals surface area contributed by atoms with Crippen molar-refractivity contribution in [2.45, 2.75) is 49.6 Å². The van der Waals surface area contributed by atoms with Crippen molar-refractivity contribution >= 4 is 21.3 Å². The zero-order chi connectivity index (χ0) is 26.3. The summed E-state index contributed by atoms with van der Waals surface area (Å²) in [4.78, 5) is 17.3. The van der Waals surface area contributed by atoms with E-state index >= 15 is 0 Å². The topological polar surface area (TPSA) is 89.9 Å². The highest BCUT2D eigenvalue weighted by molar-refractivity contribution is 7.92. The van der Waals surface area contributed by atoms with Crippen LogP contribution in [-0.4, -0.2) is 53.4 Å². The Hall–Kier alpha value is -2.73. The van der Waals surface area contributed by atoms with Crippen LogP contribution in [0.2, 0.25) is 0 Å². The molecule has 1 aromatic carbocycles. The largest absolute Gasteiger partial charge is 0.496 e. The molecule has 1 aliphatic rings. The Kier molecular flexibility index (Phi) is 7.20. The predicted octanol–water partition coefficient (Wildman–Crippen LogP) is 4.70. The number of alkyl halides is 3. The summed E-state index contributed by atoms with van der Waals surface area (Å²) < 4.78 is 83.5. The molecule has 35 heavy (non-hydrogen) atoms. The number of carbonyl (C=O) groups is 1. The number of halogens is 4. The molecule has 1 N–H and O–H groups in total. The van der Waals surface area contributed by atoms with Crippen molar-refractivity contribution in [2.75, 3.05) is 25.7 Å². The standard InChI is InChI=1S/C23H27F4N3O4S/c1-12-16(24)8-7-15(19(12)33-5)18-13(2)22(3,23(25,26)27)34-20(18)21(31)30-14-9-10-29-17(11-14)35(6,32)28-4/h7-11,13,18,20H,1-6H3,(H,29,30,31)/t13-,18-,20+,22+,35?/m0/s1. The molecule has 5 atom stereocenters. The lowest BCUT2D eigenvalue weighted by Gasteiger charge is -2.32. The van der Waals surface area contributed by atoms with E-state index in [0.717, 1.165) is 13.0 Å². The molecule has 1 saturated heterocycles. The Morgan fingerprint density at radius 3 is 2.54 bits per heavy atom. The molecule has 2 aromatic rings. The van der Waals surface area contributed by atoms with E-state index in [1.165, 1.54) is 58.7 Å². The first-order valence-electron chi connectivity index (χ1n) is 10.6. The smallest absolute Gasteiger partial charge is 0.417 e. The van der Waals surface area contributed by atoms with Gasteiger partial charge in [0.25, 0.3) is 5.91 Å². The molecule has 2 heterocycles. The number of benzene rings is 1. The number of anilines is 1. The van der Waals surface area contributed by atoms with Crippen LogP contribution in [0, 0.1) is 18.7 Å². The van der Waals surface area contributed by atoms with Crippen molar-refractivity contribution in [1.29, 1.82) is 0 Å². The van der Waals surface area contributed by atoms with Crippen LogP contribution in [0.1, 0.15) is 30.9 Å². The quantitative estimate of drug-likeness (QED) is 0.581. The van der Waals surface area contributed by atoms with Crippen LogP contribution >= 0.6 is 0 Å². The average molecular weight is 518 g/mol. The molecule has 12 heteroatoms. The van der Waals surface area contributed by atoms with E-state index < -0.39 is 51.2 Å². The lowest BCUT2D eigenvalue weighted by Crippen LogP contribution is -2.47. The van der Waals surface area contributed by atoms with Gasteiger partial charge in [-0.2, -0.15) is 13.2 Å². The minimum Gasteiger partial charge on any atom is -0.496 e. The van der Waals surface area contributed by atoms with E-state index in [0.29, 0.717) is 0 Å². The molecule has 0 saturated carbocycles. The first-order chi connectivity index (χ1) is 16.2. The molecule has 3 rings (SSSR count). The predicted molar refractivity (Wildman–Crippen MR) is 122 cm³/mol. The molecule has 1 unspecified atom stereocenters. The van der Waals surface area contributed by atoms with Crippen molar-refractivity contribution in [3.8, 4) is 5.75 Å². The van der Waals surface area contributed by atoms with Gasteiger partial charge in [0.2, 0.25) is 0 Å². The van der Waals surface area contributed by atoms with Gasteiger partial charge in [-0.05, 0) is 32.0 Å². The van der Waals surface area contributed by atoms with Crippen LogP contribution in [-0.2, 0) is 19.3 Å². The van der Waals surface area contributed by atoms with Gasteiger partial charge in [0.15, 0.2) is 5.60 Å². The summed E-state index contributed by atoms with van der Waals surface area (Å²) in [6.45, 7) is 3.67. The molecule has 192 valence electrons. The molecular formula is C23H27F4N3O4S. The highest BCUT2D eigenvalue weighted by Gasteiger charge is 2.65. The lowest BCUT2D eigenvalue weighted by molar-refractivity contribution is -0.272. The summed E-state index contributed by atoms with van der Waals surface area (Å²) in [6, 6.07) is 5.19. The van der Waals surface area contributed by atoms with Gasteiger partial charge in [-0.25, -0.2) is 17.9 Å². The summed E-state index contributed by atoms with van der Waals surface area (Å²) in [5.74, 6) is -3.73. The van der Waals surface area contributed by atoms with E-state index in [1.54, 1.807) is 0 Å². The normalized spacial score (nSPS) is 26.2. The average Bonchev–Trinajstić information content (AvgIpc) is 3.07. The van der Waals surface area contributed by atoms with E-state index in [4.69, 9.17) is 9.47 Å². The number of pyridine rings is 1. The zero-order valence-electron chi connectivity index (χ0n) is 20.1. The summed E-state index contributed by atoms with van der Waals surface area (Å²) >= 11 is 0. The first kappa shape index (κ1) is 26.9. The van der Waals surface area contributed by atoms with Gasteiger partial charge >= 0.3 is 6.18 Å². The number of nitrogens with one attached hydrogen (secondary N) is 1. The Morgan fingerprint density at radius 1 is 1.31 bits per heavy atom. The van der Waals surface area contributed by atoms with Crippen LogP contribution in [0.25, 0.3) is 0 Å². The monoisotopic (exact) mass is 517 g/mol. The fourth-order valence-electron chi connectivity index (χ4n) is 4.25. The van der Waals surface area contributed by atoms with Crippen molar-refractivity contribution in [3.05, 3.63) is 47.4 Å². The fraction of sp³-hybridized carbons (Fsp3) is 0.478. The SMILES string of the molecule is CN=S(C)(=O)c1cc(NC(=O)[C@@H]2O[C@@](C)(C(F)(F)F)[C@@H](C)[C@H]2c2ccc(F)c(C)c2OC)ccn1. The van der Waals surface area contributed by atoms with Crippen LogP contribution in [0.15, 0.2) is 39.9 Å². The minimum atomic E-state index is -4.79. The maximum absolute atomic E-state index is 14.2. The molecule has 1 amide bonds. The number of nitrogens with zero attached hydrogens (tertiary/aromatic N) is 2. The number of carbonyl (C=O) groups excluding carboxylic acids is 1. The van der Waals surface area contributed by atoms with E-state index in [-0.39, 0.29) is 27.6 Å². The van der Waals surface area contributed by atoms with Crippen molar-refractivity contribution in [2.24, 2.45) is 10.3 Å². The summed E-state index contributed by atoms with van der Waals surface area (Å²) in [7, 11) is -0.167. The lowest BCUT2D eigenvalue weighted by atomic mass is 9.76. The summed E-state index contributed by atoms with van der Waals surface area (Å²) in [6.07, 6.45) is -3.70. The maximum atomic E-state index is 14.2. The van der Waals surface area contributed by atoms with Crippen LogP contribution in [0.4, 0.5) is 23.2 Å². The van der Waals surface area contributed by atoms with Gasteiger partial charge in [0, 0.05) is 48.2 Å². The van der Waals surface area contributed by atoms with E-state index in [9.17, 15) is 26.6 Å². The molecule has 0 bridgehead atoms. The number of methoxy groups -OCH3 is 1. The van der Waals surface area contributed by atoms with E-state index in [2.05, 4.69) is 14.7 Å². The molecular weight excluding hydrogens is 490 g/mol. The van der Waals surface area contributed by atoms with Gasteiger partial charge < -0.3 is 14.8 Å². The molecule has 0 radical (unpaired) electrons. The minimum absolute atomic E-state index is 0.0520. The highest BCUT2D eigenvalue weighted by atomic mass is 32.2. The Labute approximate surface area is 201 Å². The third-order valence-electron chi connectivity index (χ3n) is 6.60. The van der Waals surface area contributed by atoms with Gasteiger partial charge in [-0.15, -0.1) is 0 Å². The second kappa shape index (κ2) is 9.38.